The predicted molar refractivity (Wildman–Crippen MR) is 90.4 cm³/mol. The molecular weight excluding hydrogens is 310 g/mol. The van der Waals surface area contributed by atoms with Gasteiger partial charge in [-0.2, -0.15) is 0 Å². The second kappa shape index (κ2) is 5.70. The Balaban J connectivity index is 1.68. The van der Waals surface area contributed by atoms with Gasteiger partial charge in [0.1, 0.15) is 5.15 Å². The fraction of sp³-hybridized carbons (Fsp3) is 0.222. The first-order valence-electron chi connectivity index (χ1n) is 7.70. The molecule has 4 nitrogen and oxygen atoms in total. The summed E-state index contributed by atoms with van der Waals surface area (Å²) < 4.78 is 0. The van der Waals surface area contributed by atoms with Crippen molar-refractivity contribution in [2.45, 2.75) is 25.4 Å². The van der Waals surface area contributed by atoms with E-state index in [2.05, 4.69) is 22.1 Å². The third-order valence-electron chi connectivity index (χ3n) is 4.26. The summed E-state index contributed by atoms with van der Waals surface area (Å²) in [5.74, 6) is -0.0434. The standard InChI is InChI=1S/C18H16ClN3O/c19-17-15(4-2-9-21-17)18(23)22(13-6-7-13)11-12-3-1-5-16-14(12)8-10-20-16/h1-5,8-10,13,20H,6-7,11H2. The van der Waals surface area contributed by atoms with Crippen LogP contribution in [0, 0.1) is 0 Å². The lowest BCUT2D eigenvalue weighted by Crippen LogP contribution is -2.33. The second-order valence-electron chi connectivity index (χ2n) is 5.86. The summed E-state index contributed by atoms with van der Waals surface area (Å²) in [5.41, 5.74) is 2.71. The van der Waals surface area contributed by atoms with Gasteiger partial charge >= 0.3 is 0 Å². The first-order valence-corrected chi connectivity index (χ1v) is 8.08. The molecule has 1 aromatic carbocycles. The fourth-order valence-electron chi connectivity index (χ4n) is 2.93. The van der Waals surface area contributed by atoms with E-state index >= 15 is 0 Å². The Kier molecular flexibility index (Phi) is 3.54. The maximum Gasteiger partial charge on any atom is 0.257 e. The number of hydrogen-bond acceptors (Lipinski definition) is 2. The number of aromatic nitrogens is 2. The van der Waals surface area contributed by atoms with Crippen LogP contribution in [-0.4, -0.2) is 26.8 Å². The molecule has 0 saturated heterocycles. The van der Waals surface area contributed by atoms with Crippen LogP contribution in [0.3, 0.4) is 0 Å². The predicted octanol–water partition coefficient (Wildman–Crippen LogP) is 4.02. The SMILES string of the molecule is O=C(c1cccnc1Cl)N(Cc1cccc2[nH]ccc12)C1CC1. The van der Waals surface area contributed by atoms with Gasteiger partial charge in [0, 0.05) is 35.9 Å². The average molecular weight is 326 g/mol. The largest absolute Gasteiger partial charge is 0.361 e. The van der Waals surface area contributed by atoms with Gasteiger partial charge in [0.15, 0.2) is 0 Å². The first-order chi connectivity index (χ1) is 11.2. The molecule has 1 saturated carbocycles. The topological polar surface area (TPSA) is 49.0 Å². The van der Waals surface area contributed by atoms with E-state index in [1.54, 1.807) is 18.3 Å². The molecule has 116 valence electrons. The van der Waals surface area contributed by atoms with Crippen molar-refractivity contribution in [2.75, 3.05) is 0 Å². The van der Waals surface area contributed by atoms with Crippen LogP contribution in [0.5, 0.6) is 0 Å². The third kappa shape index (κ3) is 2.70. The maximum absolute atomic E-state index is 12.9. The Morgan fingerprint density at radius 1 is 1.26 bits per heavy atom. The number of carbonyl (C=O) groups is 1. The number of aromatic amines is 1. The van der Waals surface area contributed by atoms with E-state index in [0.717, 1.165) is 29.3 Å². The van der Waals surface area contributed by atoms with Gasteiger partial charge in [-0.25, -0.2) is 4.98 Å². The van der Waals surface area contributed by atoms with Crippen LogP contribution in [0.15, 0.2) is 48.8 Å². The van der Waals surface area contributed by atoms with Crippen LogP contribution >= 0.6 is 11.6 Å². The monoisotopic (exact) mass is 325 g/mol. The average Bonchev–Trinajstić information content (AvgIpc) is 3.28. The number of amides is 1. The number of hydrogen-bond donors (Lipinski definition) is 1. The summed E-state index contributed by atoms with van der Waals surface area (Å²) in [7, 11) is 0. The van der Waals surface area contributed by atoms with E-state index in [1.807, 2.05) is 23.2 Å². The van der Waals surface area contributed by atoms with Gasteiger partial charge in [0.2, 0.25) is 0 Å². The highest BCUT2D eigenvalue weighted by atomic mass is 35.5. The van der Waals surface area contributed by atoms with Gasteiger partial charge in [-0.3, -0.25) is 4.79 Å². The van der Waals surface area contributed by atoms with E-state index < -0.39 is 0 Å². The molecule has 4 rings (SSSR count). The highest BCUT2D eigenvalue weighted by Gasteiger charge is 2.34. The van der Waals surface area contributed by atoms with Crippen molar-refractivity contribution in [3.05, 3.63) is 65.1 Å². The molecule has 0 spiro atoms. The Labute approximate surface area is 139 Å². The summed E-state index contributed by atoms with van der Waals surface area (Å²) in [6, 6.07) is 12.0. The first kappa shape index (κ1) is 14.3. The van der Waals surface area contributed by atoms with Crippen molar-refractivity contribution in [3.63, 3.8) is 0 Å². The molecule has 0 radical (unpaired) electrons. The lowest BCUT2D eigenvalue weighted by atomic mass is 10.1. The van der Waals surface area contributed by atoms with E-state index in [1.165, 1.54) is 0 Å². The number of rotatable bonds is 4. The minimum Gasteiger partial charge on any atom is -0.361 e. The van der Waals surface area contributed by atoms with Crippen LogP contribution in [-0.2, 0) is 6.54 Å². The molecule has 1 aliphatic carbocycles. The minimum atomic E-state index is -0.0434. The van der Waals surface area contributed by atoms with E-state index in [0.29, 0.717) is 18.2 Å². The second-order valence-corrected chi connectivity index (χ2v) is 6.22. The maximum atomic E-state index is 12.9. The highest BCUT2D eigenvalue weighted by molar-refractivity contribution is 6.32. The molecule has 1 fully saturated rings. The molecule has 1 aliphatic rings. The molecule has 0 atom stereocenters. The van der Waals surface area contributed by atoms with Crippen molar-refractivity contribution in [1.29, 1.82) is 0 Å². The van der Waals surface area contributed by atoms with Crippen molar-refractivity contribution < 1.29 is 4.79 Å². The lowest BCUT2D eigenvalue weighted by Gasteiger charge is -2.23. The minimum absolute atomic E-state index is 0.0434. The number of halogens is 1. The van der Waals surface area contributed by atoms with Crippen LogP contribution < -0.4 is 0 Å². The van der Waals surface area contributed by atoms with Crippen molar-refractivity contribution >= 4 is 28.4 Å². The number of nitrogens with zero attached hydrogens (tertiary/aromatic N) is 2. The molecule has 3 aromatic rings. The molecule has 0 bridgehead atoms. The van der Waals surface area contributed by atoms with Crippen LogP contribution in [0.2, 0.25) is 5.15 Å². The van der Waals surface area contributed by atoms with Crippen molar-refractivity contribution in [2.24, 2.45) is 0 Å². The van der Waals surface area contributed by atoms with Crippen LogP contribution in [0.1, 0.15) is 28.8 Å². The molecule has 1 amide bonds. The van der Waals surface area contributed by atoms with E-state index in [4.69, 9.17) is 11.6 Å². The summed E-state index contributed by atoms with van der Waals surface area (Å²) in [5, 5.41) is 1.42. The molecule has 0 unspecified atom stereocenters. The van der Waals surface area contributed by atoms with E-state index in [-0.39, 0.29) is 11.1 Å². The lowest BCUT2D eigenvalue weighted by molar-refractivity contribution is 0.0730. The zero-order chi connectivity index (χ0) is 15.8. The highest BCUT2D eigenvalue weighted by Crippen LogP contribution is 2.32. The number of benzene rings is 1. The molecular formula is C18H16ClN3O. The van der Waals surface area contributed by atoms with Gasteiger partial charge in [-0.05, 0) is 42.7 Å². The van der Waals surface area contributed by atoms with Gasteiger partial charge in [-0.1, -0.05) is 23.7 Å². The van der Waals surface area contributed by atoms with Crippen molar-refractivity contribution in [3.8, 4) is 0 Å². The van der Waals surface area contributed by atoms with Gasteiger partial charge in [0.05, 0.1) is 5.56 Å². The Morgan fingerprint density at radius 3 is 2.91 bits per heavy atom. The quantitative estimate of drug-likeness (QED) is 0.736. The normalized spacial score (nSPS) is 14.1. The molecule has 2 heterocycles. The zero-order valence-electron chi connectivity index (χ0n) is 12.5. The molecule has 2 aromatic heterocycles. The number of pyridine rings is 1. The summed E-state index contributed by atoms with van der Waals surface area (Å²) >= 11 is 6.11. The molecule has 23 heavy (non-hydrogen) atoms. The van der Waals surface area contributed by atoms with E-state index in [9.17, 15) is 4.79 Å². The molecule has 0 aliphatic heterocycles. The Bertz CT molecular complexity index is 869. The third-order valence-corrected chi connectivity index (χ3v) is 4.57. The van der Waals surface area contributed by atoms with Gasteiger partial charge in [-0.15, -0.1) is 0 Å². The molecule has 1 N–H and O–H groups in total. The Morgan fingerprint density at radius 2 is 2.13 bits per heavy atom. The summed E-state index contributed by atoms with van der Waals surface area (Å²) in [6.07, 6.45) is 5.62. The van der Waals surface area contributed by atoms with Gasteiger partial charge < -0.3 is 9.88 Å². The number of carbonyl (C=O) groups excluding carboxylic acids is 1. The zero-order valence-corrected chi connectivity index (χ0v) is 13.3. The van der Waals surface area contributed by atoms with Crippen LogP contribution in [0.4, 0.5) is 0 Å². The van der Waals surface area contributed by atoms with Crippen molar-refractivity contribution in [1.82, 2.24) is 14.9 Å². The summed E-state index contributed by atoms with van der Waals surface area (Å²) in [6.45, 7) is 0.587. The molecule has 5 heteroatoms. The Hall–Kier alpha value is -2.33. The van der Waals surface area contributed by atoms with Gasteiger partial charge in [0.25, 0.3) is 5.91 Å². The number of nitrogens with one attached hydrogen (secondary N) is 1. The smallest absolute Gasteiger partial charge is 0.257 e. The number of H-pyrrole nitrogens is 1. The fourth-order valence-corrected chi connectivity index (χ4v) is 3.13. The number of fused-ring (bicyclic) bond motifs is 1. The van der Waals surface area contributed by atoms with Crippen LogP contribution in [0.25, 0.3) is 10.9 Å². The summed E-state index contributed by atoms with van der Waals surface area (Å²) in [4.78, 5) is 22.1.